The topological polar surface area (TPSA) is 68.5 Å². The summed E-state index contributed by atoms with van der Waals surface area (Å²) >= 11 is 0. The molecule has 1 aromatic rings. The summed E-state index contributed by atoms with van der Waals surface area (Å²) in [7, 11) is 3.28. The van der Waals surface area contributed by atoms with Crippen LogP contribution in [0.4, 0.5) is 0 Å². The normalized spacial score (nSPS) is 11.2. The molecule has 0 aliphatic carbocycles. The molecule has 0 fully saturated rings. The van der Waals surface area contributed by atoms with Crippen LogP contribution < -0.4 is 0 Å². The van der Waals surface area contributed by atoms with Gasteiger partial charge in [-0.1, -0.05) is 19.0 Å². The molecule has 0 atom stereocenters. The molecule has 1 rings (SSSR count). The van der Waals surface area contributed by atoms with Gasteiger partial charge in [0.1, 0.15) is 0 Å². The van der Waals surface area contributed by atoms with Crippen molar-refractivity contribution in [3.8, 4) is 0 Å². The van der Waals surface area contributed by atoms with Gasteiger partial charge >= 0.3 is 5.97 Å². The predicted octanol–water partition coefficient (Wildman–Crippen LogP) is 1.19. The second-order valence-electron chi connectivity index (χ2n) is 4.26. The van der Waals surface area contributed by atoms with Crippen molar-refractivity contribution in [1.29, 1.82) is 0 Å². The van der Waals surface area contributed by atoms with E-state index in [1.807, 2.05) is 25.8 Å². The van der Waals surface area contributed by atoms with Crippen LogP contribution >= 0.6 is 0 Å². The van der Waals surface area contributed by atoms with Crippen molar-refractivity contribution in [2.45, 2.75) is 32.7 Å². The first-order valence-electron chi connectivity index (χ1n) is 5.60. The predicted molar refractivity (Wildman–Crippen MR) is 61.4 cm³/mol. The molecule has 17 heavy (non-hydrogen) atoms. The van der Waals surface area contributed by atoms with Crippen LogP contribution in [0.15, 0.2) is 4.52 Å². The highest BCUT2D eigenvalue weighted by Crippen LogP contribution is 2.10. The number of aromatic nitrogens is 2. The fourth-order valence-electron chi connectivity index (χ4n) is 1.26. The van der Waals surface area contributed by atoms with Gasteiger partial charge in [0.25, 0.3) is 0 Å². The lowest BCUT2D eigenvalue weighted by atomic mass is 10.2. The lowest BCUT2D eigenvalue weighted by Crippen LogP contribution is -2.22. The smallest absolute Gasteiger partial charge is 0.306 e. The standard InChI is InChI=1S/C11H19N3O3/c1-8(2)11-12-9(17-13-11)7-14(3)6-5-10(15)16-4/h8H,5-7H2,1-4H3. The summed E-state index contributed by atoms with van der Waals surface area (Å²) in [6.07, 6.45) is 0.359. The number of ether oxygens (including phenoxy) is 1. The molecule has 0 saturated heterocycles. The third-order valence-electron chi connectivity index (χ3n) is 2.33. The van der Waals surface area contributed by atoms with E-state index in [1.165, 1.54) is 7.11 Å². The van der Waals surface area contributed by atoms with Crippen LogP contribution in [0.1, 0.15) is 37.9 Å². The minimum atomic E-state index is -0.217. The molecular formula is C11H19N3O3. The maximum absolute atomic E-state index is 11.0. The first-order valence-corrected chi connectivity index (χ1v) is 5.60. The Morgan fingerprint density at radius 2 is 2.24 bits per heavy atom. The van der Waals surface area contributed by atoms with Crippen molar-refractivity contribution < 1.29 is 14.1 Å². The van der Waals surface area contributed by atoms with Crippen LogP contribution in [0.25, 0.3) is 0 Å². The molecule has 0 amide bonds. The third-order valence-corrected chi connectivity index (χ3v) is 2.33. The van der Waals surface area contributed by atoms with Gasteiger partial charge in [-0.05, 0) is 7.05 Å². The molecule has 0 saturated carbocycles. The Bertz CT molecular complexity index is 363. The Hall–Kier alpha value is -1.43. The number of rotatable bonds is 6. The summed E-state index contributed by atoms with van der Waals surface area (Å²) in [5, 5.41) is 3.88. The minimum Gasteiger partial charge on any atom is -0.469 e. The van der Waals surface area contributed by atoms with Crippen molar-refractivity contribution in [3.05, 3.63) is 11.7 Å². The van der Waals surface area contributed by atoms with E-state index in [1.54, 1.807) is 0 Å². The van der Waals surface area contributed by atoms with Crippen LogP contribution in [0, 0.1) is 0 Å². The van der Waals surface area contributed by atoms with Crippen molar-refractivity contribution in [3.63, 3.8) is 0 Å². The maximum Gasteiger partial charge on any atom is 0.306 e. The molecule has 0 aromatic carbocycles. The molecule has 0 aliphatic rings. The van der Waals surface area contributed by atoms with E-state index >= 15 is 0 Å². The highest BCUT2D eigenvalue weighted by atomic mass is 16.5. The fraction of sp³-hybridized carbons (Fsp3) is 0.727. The number of hydrogen-bond donors (Lipinski definition) is 0. The van der Waals surface area contributed by atoms with Gasteiger partial charge in [-0.25, -0.2) is 0 Å². The average Bonchev–Trinajstić information content (AvgIpc) is 2.74. The van der Waals surface area contributed by atoms with Gasteiger partial charge in [0.15, 0.2) is 5.82 Å². The van der Waals surface area contributed by atoms with Crippen LogP contribution in [0.2, 0.25) is 0 Å². The minimum absolute atomic E-state index is 0.217. The number of methoxy groups -OCH3 is 1. The molecule has 6 heteroatoms. The zero-order valence-corrected chi connectivity index (χ0v) is 10.8. The average molecular weight is 241 g/mol. The lowest BCUT2D eigenvalue weighted by Gasteiger charge is -2.12. The molecule has 0 N–H and O–H groups in total. The fourth-order valence-corrected chi connectivity index (χ4v) is 1.26. The Kier molecular flexibility index (Phi) is 5.09. The second kappa shape index (κ2) is 6.34. The molecule has 0 aliphatic heterocycles. The molecule has 1 heterocycles. The summed E-state index contributed by atoms with van der Waals surface area (Å²) in [5.41, 5.74) is 0. The first kappa shape index (κ1) is 13.6. The van der Waals surface area contributed by atoms with Gasteiger partial charge in [0.2, 0.25) is 5.89 Å². The van der Waals surface area contributed by atoms with Crippen LogP contribution in [-0.4, -0.2) is 41.7 Å². The van der Waals surface area contributed by atoms with Gasteiger partial charge in [0, 0.05) is 12.5 Å². The number of hydrogen-bond acceptors (Lipinski definition) is 6. The van der Waals surface area contributed by atoms with Crippen LogP contribution in [-0.2, 0) is 16.1 Å². The molecule has 0 spiro atoms. The summed E-state index contributed by atoms with van der Waals surface area (Å²) in [5.74, 6) is 1.32. The zero-order valence-electron chi connectivity index (χ0n) is 10.8. The third kappa shape index (κ3) is 4.52. The van der Waals surface area contributed by atoms with Gasteiger partial charge in [-0.2, -0.15) is 4.98 Å². The number of nitrogens with zero attached hydrogens (tertiary/aromatic N) is 3. The van der Waals surface area contributed by atoms with E-state index in [0.29, 0.717) is 31.2 Å². The Balaban J connectivity index is 2.39. The summed E-state index contributed by atoms with van der Waals surface area (Å²) in [4.78, 5) is 17.2. The van der Waals surface area contributed by atoms with Crippen molar-refractivity contribution in [1.82, 2.24) is 15.0 Å². The Morgan fingerprint density at radius 3 is 2.76 bits per heavy atom. The lowest BCUT2D eigenvalue weighted by molar-refractivity contribution is -0.140. The summed E-state index contributed by atoms with van der Waals surface area (Å²) in [6.45, 7) is 5.16. The Labute approximate surface area is 101 Å². The second-order valence-corrected chi connectivity index (χ2v) is 4.26. The van der Waals surface area contributed by atoms with E-state index < -0.39 is 0 Å². The monoisotopic (exact) mass is 241 g/mol. The quantitative estimate of drug-likeness (QED) is 0.697. The molecule has 0 unspecified atom stereocenters. The van der Waals surface area contributed by atoms with Gasteiger partial charge in [-0.15, -0.1) is 0 Å². The van der Waals surface area contributed by atoms with Crippen molar-refractivity contribution in [2.75, 3.05) is 20.7 Å². The molecular weight excluding hydrogens is 222 g/mol. The molecule has 1 aromatic heterocycles. The van der Waals surface area contributed by atoms with Gasteiger partial charge < -0.3 is 9.26 Å². The van der Waals surface area contributed by atoms with E-state index in [0.717, 1.165) is 0 Å². The summed E-state index contributed by atoms with van der Waals surface area (Å²) < 4.78 is 9.68. The largest absolute Gasteiger partial charge is 0.469 e. The summed E-state index contributed by atoms with van der Waals surface area (Å²) in [6, 6.07) is 0. The Morgan fingerprint density at radius 1 is 1.53 bits per heavy atom. The van der Waals surface area contributed by atoms with Crippen molar-refractivity contribution >= 4 is 5.97 Å². The number of esters is 1. The SMILES string of the molecule is COC(=O)CCN(C)Cc1nc(C(C)C)no1. The van der Waals surface area contributed by atoms with E-state index in [2.05, 4.69) is 14.9 Å². The van der Waals surface area contributed by atoms with E-state index in [4.69, 9.17) is 4.52 Å². The first-order chi connectivity index (χ1) is 8.02. The van der Waals surface area contributed by atoms with Gasteiger partial charge in [0.05, 0.1) is 20.1 Å². The highest BCUT2D eigenvalue weighted by molar-refractivity contribution is 5.69. The van der Waals surface area contributed by atoms with E-state index in [9.17, 15) is 4.79 Å². The molecule has 96 valence electrons. The zero-order chi connectivity index (χ0) is 12.8. The van der Waals surface area contributed by atoms with Crippen molar-refractivity contribution in [2.24, 2.45) is 0 Å². The number of carbonyl (C=O) groups excluding carboxylic acids is 1. The maximum atomic E-state index is 11.0. The highest BCUT2D eigenvalue weighted by Gasteiger charge is 2.12. The molecule has 0 bridgehead atoms. The van der Waals surface area contributed by atoms with Gasteiger partial charge in [-0.3, -0.25) is 9.69 Å². The molecule has 0 radical (unpaired) electrons. The molecule has 6 nitrogen and oxygen atoms in total. The van der Waals surface area contributed by atoms with E-state index in [-0.39, 0.29) is 11.9 Å². The van der Waals surface area contributed by atoms with Crippen LogP contribution in [0.3, 0.4) is 0 Å². The number of carbonyl (C=O) groups is 1. The van der Waals surface area contributed by atoms with Crippen LogP contribution in [0.5, 0.6) is 0 Å².